The summed E-state index contributed by atoms with van der Waals surface area (Å²) in [5.41, 5.74) is 2.06. The number of imidazole rings is 1. The Balaban J connectivity index is 2.24. The van der Waals surface area contributed by atoms with E-state index in [0.29, 0.717) is 24.4 Å². The van der Waals surface area contributed by atoms with Gasteiger partial charge >= 0.3 is 0 Å². The van der Waals surface area contributed by atoms with Gasteiger partial charge in [-0.15, -0.1) is 11.6 Å². The summed E-state index contributed by atoms with van der Waals surface area (Å²) >= 11 is 5.76. The molecule has 2 aromatic rings. The minimum atomic E-state index is -2.47. The van der Waals surface area contributed by atoms with Crippen molar-refractivity contribution in [2.75, 3.05) is 19.1 Å². The normalized spacial score (nSPS) is 11.2. The number of nitriles is 1. The van der Waals surface area contributed by atoms with Crippen LogP contribution in [0.1, 0.15) is 11.4 Å². The fraction of sp³-hybridized carbons (Fsp3) is 0.429. The smallest absolute Gasteiger partial charge is 0.261 e. The molecule has 7 heteroatoms. The maximum Gasteiger partial charge on any atom is 0.261 e. The summed E-state index contributed by atoms with van der Waals surface area (Å²) in [5, 5.41) is 8.96. The number of hydrogen-bond donors (Lipinski definition) is 0. The van der Waals surface area contributed by atoms with E-state index in [1.165, 1.54) is 0 Å². The number of aryl methyl sites for hydroxylation is 1. The van der Waals surface area contributed by atoms with Crippen LogP contribution >= 0.6 is 11.6 Å². The Morgan fingerprint density at radius 1 is 1.43 bits per heavy atom. The van der Waals surface area contributed by atoms with Crippen molar-refractivity contribution in [2.24, 2.45) is 0 Å². The van der Waals surface area contributed by atoms with E-state index in [4.69, 9.17) is 21.6 Å². The average molecular weight is 314 g/mol. The monoisotopic (exact) mass is 313 g/mol. The summed E-state index contributed by atoms with van der Waals surface area (Å²) in [6.45, 7) is -0.0346. The molecule has 0 unspecified atom stereocenters. The van der Waals surface area contributed by atoms with Gasteiger partial charge in [0.2, 0.25) is 0 Å². The first-order chi connectivity index (χ1) is 10.2. The highest BCUT2D eigenvalue weighted by molar-refractivity contribution is 6.17. The van der Waals surface area contributed by atoms with E-state index in [1.54, 1.807) is 18.2 Å². The lowest BCUT2D eigenvalue weighted by Crippen LogP contribution is -2.13. The van der Waals surface area contributed by atoms with E-state index in [1.807, 2.05) is 4.57 Å². The molecule has 0 saturated carbocycles. The van der Waals surface area contributed by atoms with Crippen LogP contribution in [0.15, 0.2) is 18.2 Å². The third-order valence-corrected chi connectivity index (χ3v) is 3.17. The lowest BCUT2D eigenvalue weighted by atomic mass is 10.2. The minimum Gasteiger partial charge on any atom is -0.374 e. The molecule has 0 radical (unpaired) electrons. The molecule has 0 atom stereocenters. The van der Waals surface area contributed by atoms with E-state index in [9.17, 15) is 8.78 Å². The zero-order valence-corrected chi connectivity index (χ0v) is 12.0. The second-order valence-corrected chi connectivity index (χ2v) is 4.78. The third kappa shape index (κ3) is 3.90. The van der Waals surface area contributed by atoms with Gasteiger partial charge in [-0.05, 0) is 18.2 Å². The minimum absolute atomic E-state index is 0.155. The number of alkyl halides is 3. The molecule has 112 valence electrons. The zero-order valence-electron chi connectivity index (χ0n) is 11.2. The average Bonchev–Trinajstić information content (AvgIpc) is 2.80. The molecule has 0 saturated heterocycles. The van der Waals surface area contributed by atoms with Crippen LogP contribution in [0.5, 0.6) is 0 Å². The van der Waals surface area contributed by atoms with Crippen molar-refractivity contribution in [1.82, 2.24) is 9.55 Å². The number of aromatic nitrogens is 2. The first-order valence-electron chi connectivity index (χ1n) is 6.47. The molecule has 21 heavy (non-hydrogen) atoms. The first kappa shape index (κ1) is 15.7. The molecule has 1 aromatic heterocycles. The molecular weight excluding hydrogens is 300 g/mol. The number of fused-ring (bicyclic) bond motifs is 1. The molecular formula is C14H14ClF2N3O. The van der Waals surface area contributed by atoms with Gasteiger partial charge in [-0.2, -0.15) is 5.26 Å². The topological polar surface area (TPSA) is 50.8 Å². The van der Waals surface area contributed by atoms with Gasteiger partial charge in [-0.1, -0.05) is 0 Å². The first-order valence-corrected chi connectivity index (χ1v) is 7.00. The van der Waals surface area contributed by atoms with E-state index < -0.39 is 13.0 Å². The predicted molar refractivity (Wildman–Crippen MR) is 75.7 cm³/mol. The highest BCUT2D eigenvalue weighted by Crippen LogP contribution is 2.18. The van der Waals surface area contributed by atoms with Gasteiger partial charge in [0.05, 0.1) is 29.3 Å². The Kier molecular flexibility index (Phi) is 5.48. The van der Waals surface area contributed by atoms with Crippen molar-refractivity contribution in [2.45, 2.75) is 19.4 Å². The highest BCUT2D eigenvalue weighted by atomic mass is 35.5. The number of hydrogen-bond acceptors (Lipinski definition) is 3. The number of nitrogens with zero attached hydrogens (tertiary/aromatic N) is 3. The molecule has 0 fully saturated rings. The van der Waals surface area contributed by atoms with Gasteiger partial charge in [0.25, 0.3) is 6.43 Å². The fourth-order valence-electron chi connectivity index (χ4n) is 2.10. The van der Waals surface area contributed by atoms with E-state index in [2.05, 4.69) is 11.1 Å². The molecule has 0 bridgehead atoms. The summed E-state index contributed by atoms with van der Waals surface area (Å²) in [6.07, 6.45) is -1.91. The molecule has 0 spiro atoms. The Labute approximate surface area is 125 Å². The maximum atomic E-state index is 12.1. The van der Waals surface area contributed by atoms with Crippen molar-refractivity contribution >= 4 is 22.6 Å². The van der Waals surface area contributed by atoms with Gasteiger partial charge in [-0.3, -0.25) is 0 Å². The van der Waals surface area contributed by atoms with Gasteiger partial charge in [0.1, 0.15) is 12.4 Å². The van der Waals surface area contributed by atoms with Crippen LogP contribution < -0.4 is 0 Å². The van der Waals surface area contributed by atoms with Crippen LogP contribution in [0.3, 0.4) is 0 Å². The predicted octanol–water partition coefficient (Wildman–Crippen LogP) is 2.97. The molecule has 1 aromatic carbocycles. The lowest BCUT2D eigenvalue weighted by molar-refractivity contribution is 0.0148. The second kappa shape index (κ2) is 7.34. The van der Waals surface area contributed by atoms with Crippen LogP contribution in [-0.2, 0) is 17.7 Å². The zero-order chi connectivity index (χ0) is 15.2. The van der Waals surface area contributed by atoms with Crippen molar-refractivity contribution in [3.05, 3.63) is 29.6 Å². The summed E-state index contributed by atoms with van der Waals surface area (Å²) in [7, 11) is 0. The quantitative estimate of drug-likeness (QED) is 0.583. The molecule has 1 heterocycles. The van der Waals surface area contributed by atoms with Crippen molar-refractivity contribution in [1.29, 1.82) is 5.26 Å². The second-order valence-electron chi connectivity index (χ2n) is 4.40. The standard InChI is InChI=1S/C14H14ClF2N3O/c15-4-3-14-19-11-2-1-10(8-18)7-12(11)20(14)5-6-21-9-13(16)17/h1-2,7,13H,3-6,9H2. The Morgan fingerprint density at radius 3 is 2.90 bits per heavy atom. The van der Waals surface area contributed by atoms with Crippen LogP contribution in [0, 0.1) is 11.3 Å². The number of halogens is 3. The van der Waals surface area contributed by atoms with Crippen LogP contribution in [-0.4, -0.2) is 35.1 Å². The van der Waals surface area contributed by atoms with Gasteiger partial charge in [0, 0.05) is 18.8 Å². The molecule has 0 aliphatic heterocycles. The lowest BCUT2D eigenvalue weighted by Gasteiger charge is -2.09. The van der Waals surface area contributed by atoms with Crippen molar-refractivity contribution in [3.8, 4) is 6.07 Å². The number of benzene rings is 1. The SMILES string of the molecule is N#Cc1ccc2nc(CCCl)n(CCOCC(F)F)c2c1. The van der Waals surface area contributed by atoms with Crippen molar-refractivity contribution in [3.63, 3.8) is 0 Å². The highest BCUT2D eigenvalue weighted by Gasteiger charge is 2.11. The van der Waals surface area contributed by atoms with Gasteiger partial charge in [-0.25, -0.2) is 13.8 Å². The van der Waals surface area contributed by atoms with Gasteiger partial charge < -0.3 is 9.30 Å². The Bertz CT molecular complexity index is 651. The van der Waals surface area contributed by atoms with E-state index in [-0.39, 0.29) is 6.61 Å². The summed E-state index contributed by atoms with van der Waals surface area (Å²) in [5.74, 6) is 1.17. The Morgan fingerprint density at radius 2 is 2.24 bits per heavy atom. The van der Waals surface area contributed by atoms with E-state index >= 15 is 0 Å². The van der Waals surface area contributed by atoms with Crippen molar-refractivity contribution < 1.29 is 13.5 Å². The number of rotatable bonds is 7. The summed E-state index contributed by atoms with van der Waals surface area (Å²) in [4.78, 5) is 4.46. The third-order valence-electron chi connectivity index (χ3n) is 2.98. The molecule has 0 N–H and O–H groups in total. The molecule has 4 nitrogen and oxygen atoms in total. The largest absolute Gasteiger partial charge is 0.374 e. The number of ether oxygens (including phenoxy) is 1. The van der Waals surface area contributed by atoms with Crippen LogP contribution in [0.2, 0.25) is 0 Å². The molecule has 0 aliphatic rings. The molecule has 0 amide bonds. The van der Waals surface area contributed by atoms with Crippen LogP contribution in [0.4, 0.5) is 8.78 Å². The fourth-order valence-corrected chi connectivity index (χ4v) is 2.26. The Hall–Kier alpha value is -1.71. The molecule has 2 rings (SSSR count). The maximum absolute atomic E-state index is 12.1. The summed E-state index contributed by atoms with van der Waals surface area (Å²) in [6, 6.07) is 7.26. The summed E-state index contributed by atoms with van der Waals surface area (Å²) < 4.78 is 30.9. The van der Waals surface area contributed by atoms with E-state index in [0.717, 1.165) is 16.9 Å². The van der Waals surface area contributed by atoms with Crippen LogP contribution in [0.25, 0.3) is 11.0 Å². The molecule has 0 aliphatic carbocycles. The van der Waals surface area contributed by atoms with Gasteiger partial charge in [0.15, 0.2) is 0 Å².